The number of nitrogens with zero attached hydrogens (tertiary/aromatic N) is 3. The molecule has 0 aliphatic carbocycles. The summed E-state index contributed by atoms with van der Waals surface area (Å²) < 4.78 is 0. The van der Waals surface area contributed by atoms with Gasteiger partial charge in [0.1, 0.15) is 5.03 Å². The van der Waals surface area contributed by atoms with Crippen LogP contribution in [0.2, 0.25) is 0 Å². The van der Waals surface area contributed by atoms with Gasteiger partial charge in [-0.1, -0.05) is 36.4 Å². The van der Waals surface area contributed by atoms with Crippen molar-refractivity contribution in [3.63, 3.8) is 0 Å². The maximum Gasteiger partial charge on any atom is 0.188 e. The first-order chi connectivity index (χ1) is 11.7. The summed E-state index contributed by atoms with van der Waals surface area (Å²) >= 11 is 1.79. The van der Waals surface area contributed by atoms with Gasteiger partial charge in [0.05, 0.1) is 0 Å². The van der Waals surface area contributed by atoms with E-state index in [1.54, 1.807) is 11.8 Å². The Hall–Kier alpha value is -2.05. The third-order valence-electron chi connectivity index (χ3n) is 4.18. The monoisotopic (exact) mass is 341 g/mol. The zero-order valence-electron chi connectivity index (χ0n) is 13.7. The summed E-state index contributed by atoms with van der Waals surface area (Å²) in [6, 6.07) is 14.7. The summed E-state index contributed by atoms with van der Waals surface area (Å²) in [5, 5.41) is 8.63. The molecule has 1 aliphatic heterocycles. The van der Waals surface area contributed by atoms with E-state index in [4.69, 9.17) is 11.1 Å². The average molecular weight is 341 g/mol. The second-order valence-corrected chi connectivity index (χ2v) is 6.85. The van der Waals surface area contributed by atoms with Crippen LogP contribution >= 0.6 is 11.8 Å². The number of pyridine rings is 1. The molecule has 1 aromatic carbocycles. The van der Waals surface area contributed by atoms with E-state index in [9.17, 15) is 0 Å². The number of guanidine groups is 1. The smallest absolute Gasteiger partial charge is 0.188 e. The van der Waals surface area contributed by atoms with Crippen LogP contribution in [0.3, 0.4) is 0 Å². The fourth-order valence-electron chi connectivity index (χ4n) is 2.79. The Morgan fingerprint density at radius 3 is 2.54 bits per heavy atom. The molecule has 3 rings (SSSR count). The number of thioether (sulfide) groups is 1. The van der Waals surface area contributed by atoms with Gasteiger partial charge in [-0.25, -0.2) is 4.98 Å². The van der Waals surface area contributed by atoms with Crippen LogP contribution in [-0.2, 0) is 12.3 Å². The molecule has 0 atom stereocenters. The molecule has 1 aromatic heterocycles. The fraction of sp³-hybridized carbons (Fsp3) is 0.333. The molecule has 24 heavy (non-hydrogen) atoms. The number of rotatable bonds is 5. The van der Waals surface area contributed by atoms with Crippen molar-refractivity contribution in [1.82, 2.24) is 14.8 Å². The Morgan fingerprint density at radius 1 is 1.08 bits per heavy atom. The van der Waals surface area contributed by atoms with Crippen LogP contribution in [0, 0.1) is 5.41 Å². The normalized spacial score (nSPS) is 15.4. The summed E-state index contributed by atoms with van der Waals surface area (Å²) in [4.78, 5) is 8.90. The third-order valence-corrected chi connectivity index (χ3v) is 5.29. The number of piperazine rings is 1. The van der Waals surface area contributed by atoms with E-state index in [2.05, 4.69) is 40.2 Å². The molecule has 1 fully saturated rings. The van der Waals surface area contributed by atoms with Crippen LogP contribution in [0.25, 0.3) is 0 Å². The third kappa shape index (κ3) is 4.49. The number of benzene rings is 1. The van der Waals surface area contributed by atoms with Crippen LogP contribution in [0.5, 0.6) is 0 Å². The highest BCUT2D eigenvalue weighted by molar-refractivity contribution is 7.98. The minimum absolute atomic E-state index is 0.176. The van der Waals surface area contributed by atoms with Crippen molar-refractivity contribution < 1.29 is 0 Å². The van der Waals surface area contributed by atoms with Gasteiger partial charge in [-0.05, 0) is 17.2 Å². The van der Waals surface area contributed by atoms with Crippen LogP contribution in [-0.4, -0.2) is 46.9 Å². The molecule has 2 heterocycles. The Labute approximate surface area is 147 Å². The molecule has 0 radical (unpaired) electrons. The first-order valence-electron chi connectivity index (χ1n) is 8.14. The molecule has 0 amide bonds. The lowest BCUT2D eigenvalue weighted by atomic mass is 10.2. The molecule has 5 nitrogen and oxygen atoms in total. The average Bonchev–Trinajstić information content (AvgIpc) is 2.62. The predicted molar refractivity (Wildman–Crippen MR) is 99.0 cm³/mol. The van der Waals surface area contributed by atoms with E-state index in [0.29, 0.717) is 0 Å². The molecule has 2 aromatic rings. The second-order valence-electron chi connectivity index (χ2n) is 5.89. The Balaban J connectivity index is 1.59. The van der Waals surface area contributed by atoms with Gasteiger partial charge in [-0.2, -0.15) is 0 Å². The lowest BCUT2D eigenvalue weighted by Crippen LogP contribution is -2.50. The summed E-state index contributed by atoms with van der Waals surface area (Å²) in [7, 11) is 0. The zero-order valence-corrected chi connectivity index (χ0v) is 14.5. The number of hydrogen-bond acceptors (Lipinski definition) is 4. The highest BCUT2D eigenvalue weighted by Crippen LogP contribution is 2.25. The molecule has 1 aliphatic rings. The lowest BCUT2D eigenvalue weighted by molar-refractivity contribution is 0.172. The van der Waals surface area contributed by atoms with Crippen LogP contribution in [0.15, 0.2) is 53.7 Å². The summed E-state index contributed by atoms with van der Waals surface area (Å²) in [5.41, 5.74) is 8.15. The first-order valence-corrected chi connectivity index (χ1v) is 9.13. The van der Waals surface area contributed by atoms with Gasteiger partial charge in [-0.3, -0.25) is 10.3 Å². The molecule has 1 saturated heterocycles. The van der Waals surface area contributed by atoms with Crippen molar-refractivity contribution in [2.24, 2.45) is 5.73 Å². The van der Waals surface area contributed by atoms with Gasteiger partial charge >= 0.3 is 0 Å². The SMILES string of the molecule is N=C(N)N1CCN(Cc2cccnc2SCc2ccccc2)CC1. The Kier molecular flexibility index (Phi) is 5.72. The van der Waals surface area contributed by atoms with E-state index in [1.165, 1.54) is 11.1 Å². The van der Waals surface area contributed by atoms with Crippen molar-refractivity contribution in [2.45, 2.75) is 17.3 Å². The van der Waals surface area contributed by atoms with E-state index < -0.39 is 0 Å². The molecular formula is C18H23N5S. The Bertz CT molecular complexity index is 668. The number of aromatic nitrogens is 1. The highest BCUT2D eigenvalue weighted by atomic mass is 32.2. The molecule has 0 saturated carbocycles. The number of hydrogen-bond donors (Lipinski definition) is 2. The van der Waals surface area contributed by atoms with Crippen LogP contribution in [0.4, 0.5) is 0 Å². The molecule has 126 valence electrons. The minimum atomic E-state index is 0.176. The first kappa shape index (κ1) is 16.8. The van der Waals surface area contributed by atoms with E-state index >= 15 is 0 Å². The van der Waals surface area contributed by atoms with Crippen molar-refractivity contribution in [3.8, 4) is 0 Å². The van der Waals surface area contributed by atoms with Gasteiger partial charge in [0.15, 0.2) is 5.96 Å². The van der Waals surface area contributed by atoms with Gasteiger partial charge in [0.25, 0.3) is 0 Å². The molecular weight excluding hydrogens is 318 g/mol. The van der Waals surface area contributed by atoms with Gasteiger partial charge < -0.3 is 10.6 Å². The lowest BCUT2D eigenvalue weighted by Gasteiger charge is -2.35. The Morgan fingerprint density at radius 2 is 1.83 bits per heavy atom. The minimum Gasteiger partial charge on any atom is -0.370 e. The molecule has 0 unspecified atom stereocenters. The van der Waals surface area contributed by atoms with E-state index in [1.807, 2.05) is 23.2 Å². The predicted octanol–water partition coefficient (Wildman–Crippen LogP) is 2.38. The topological polar surface area (TPSA) is 69.2 Å². The summed E-state index contributed by atoms with van der Waals surface area (Å²) in [6.07, 6.45) is 1.87. The molecule has 0 bridgehead atoms. The second kappa shape index (κ2) is 8.17. The van der Waals surface area contributed by atoms with E-state index in [-0.39, 0.29) is 5.96 Å². The van der Waals surface area contributed by atoms with E-state index in [0.717, 1.165) is 43.5 Å². The van der Waals surface area contributed by atoms with Gasteiger partial charge in [-0.15, -0.1) is 11.8 Å². The van der Waals surface area contributed by atoms with Crippen molar-refractivity contribution in [3.05, 3.63) is 59.8 Å². The maximum absolute atomic E-state index is 7.52. The molecule has 3 N–H and O–H groups in total. The van der Waals surface area contributed by atoms with Crippen molar-refractivity contribution in [2.75, 3.05) is 26.2 Å². The highest BCUT2D eigenvalue weighted by Gasteiger charge is 2.18. The fourth-order valence-corrected chi connectivity index (χ4v) is 3.74. The molecule has 6 heteroatoms. The van der Waals surface area contributed by atoms with Crippen LogP contribution < -0.4 is 5.73 Å². The van der Waals surface area contributed by atoms with Gasteiger partial charge in [0.2, 0.25) is 0 Å². The largest absolute Gasteiger partial charge is 0.370 e. The summed E-state index contributed by atoms with van der Waals surface area (Å²) in [6.45, 7) is 4.40. The standard InChI is InChI=1S/C18H23N5S/c19-18(20)23-11-9-22(10-12-23)13-16-7-4-8-21-17(16)24-14-15-5-2-1-3-6-15/h1-8H,9-14H2,(H3,19,20). The van der Waals surface area contributed by atoms with Crippen molar-refractivity contribution >= 4 is 17.7 Å². The van der Waals surface area contributed by atoms with Crippen molar-refractivity contribution in [1.29, 1.82) is 5.41 Å². The van der Waals surface area contributed by atoms with Gasteiger partial charge in [0, 0.05) is 44.7 Å². The molecule has 0 spiro atoms. The summed E-state index contributed by atoms with van der Waals surface area (Å²) in [5.74, 6) is 1.11. The van der Waals surface area contributed by atoms with Crippen LogP contribution in [0.1, 0.15) is 11.1 Å². The quantitative estimate of drug-likeness (QED) is 0.496. The zero-order chi connectivity index (χ0) is 16.8. The number of nitrogens with one attached hydrogen (secondary N) is 1. The maximum atomic E-state index is 7.52. The number of nitrogens with two attached hydrogens (primary N) is 1.